The largest absolute Gasteiger partial charge is 0.393 e. The van der Waals surface area contributed by atoms with Crippen molar-refractivity contribution in [1.82, 2.24) is 0 Å². The van der Waals surface area contributed by atoms with E-state index in [1.54, 1.807) is 5.57 Å². The number of hydrogen-bond donors (Lipinski definition) is 2. The minimum absolute atomic E-state index is 0.0166. The van der Waals surface area contributed by atoms with E-state index < -0.39 is 5.60 Å². The number of hydrogen-bond acceptors (Lipinski definition) is 2. The van der Waals surface area contributed by atoms with Gasteiger partial charge in [-0.2, -0.15) is 0 Å². The molecule has 3 fully saturated rings. The molecule has 2 N–H and O–H groups in total. The molecule has 0 radical (unpaired) electrons. The van der Waals surface area contributed by atoms with Crippen LogP contribution < -0.4 is 0 Å². The molecule has 0 bridgehead atoms. The van der Waals surface area contributed by atoms with Crippen molar-refractivity contribution in [2.75, 3.05) is 0 Å². The summed E-state index contributed by atoms with van der Waals surface area (Å²) >= 11 is 0. The van der Waals surface area contributed by atoms with Crippen molar-refractivity contribution in [2.24, 2.45) is 40.4 Å². The highest BCUT2D eigenvalue weighted by atomic mass is 16.3. The maximum absolute atomic E-state index is 11.4. The van der Waals surface area contributed by atoms with Gasteiger partial charge in [0, 0.05) is 5.92 Å². The maximum Gasteiger partial charge on any atom is 0.0680 e. The Kier molecular flexibility index (Phi) is 4.87. The molecule has 0 unspecified atom stereocenters. The van der Waals surface area contributed by atoms with Crippen LogP contribution in [0.25, 0.3) is 0 Å². The van der Waals surface area contributed by atoms with E-state index in [9.17, 15) is 10.2 Å². The Labute approximate surface area is 166 Å². The SMILES string of the molecule is CC(C)C[C@](C)(O)[C@H]1[C@@H](O)C[C@H]2[C@@H]3CC=C4CCCC[C@]4(C)[C@H]3CC[C@@]21C. The molecule has 0 aromatic rings. The zero-order chi connectivity index (χ0) is 19.6. The summed E-state index contributed by atoms with van der Waals surface area (Å²) in [7, 11) is 0. The Hall–Kier alpha value is -0.340. The summed E-state index contributed by atoms with van der Waals surface area (Å²) in [6.45, 7) is 11.3. The van der Waals surface area contributed by atoms with Crippen molar-refractivity contribution in [3.05, 3.63) is 11.6 Å². The minimum atomic E-state index is -0.770. The predicted molar refractivity (Wildman–Crippen MR) is 111 cm³/mol. The monoisotopic (exact) mass is 374 g/mol. The Bertz CT molecular complexity index is 605. The maximum atomic E-state index is 11.4. The smallest absolute Gasteiger partial charge is 0.0680 e. The summed E-state index contributed by atoms with van der Waals surface area (Å²) in [4.78, 5) is 0. The van der Waals surface area contributed by atoms with Crippen LogP contribution in [-0.4, -0.2) is 21.9 Å². The second-order valence-corrected chi connectivity index (χ2v) is 11.7. The van der Waals surface area contributed by atoms with Gasteiger partial charge < -0.3 is 10.2 Å². The number of fused-ring (bicyclic) bond motifs is 5. The van der Waals surface area contributed by atoms with Gasteiger partial charge in [-0.05, 0) is 92.8 Å². The fourth-order valence-corrected chi connectivity index (χ4v) is 8.79. The average molecular weight is 375 g/mol. The van der Waals surface area contributed by atoms with Gasteiger partial charge in [-0.15, -0.1) is 0 Å². The van der Waals surface area contributed by atoms with Gasteiger partial charge in [0.1, 0.15) is 0 Å². The van der Waals surface area contributed by atoms with Crippen molar-refractivity contribution < 1.29 is 10.2 Å². The number of aliphatic hydroxyl groups excluding tert-OH is 1. The number of allylic oxidation sites excluding steroid dienone is 2. The molecule has 27 heavy (non-hydrogen) atoms. The third-order valence-electron chi connectivity index (χ3n) is 9.54. The van der Waals surface area contributed by atoms with E-state index in [0.717, 1.165) is 18.8 Å². The van der Waals surface area contributed by atoms with E-state index in [1.807, 2.05) is 6.92 Å². The fourth-order valence-electron chi connectivity index (χ4n) is 8.79. The first-order chi connectivity index (χ1) is 12.6. The molecule has 4 aliphatic rings. The van der Waals surface area contributed by atoms with Crippen molar-refractivity contribution in [3.8, 4) is 0 Å². The molecule has 0 aliphatic heterocycles. The van der Waals surface area contributed by atoms with Gasteiger partial charge in [0.2, 0.25) is 0 Å². The lowest BCUT2D eigenvalue weighted by molar-refractivity contribution is -0.125. The fraction of sp³-hybridized carbons (Fsp3) is 0.920. The lowest BCUT2D eigenvalue weighted by Gasteiger charge is -2.58. The van der Waals surface area contributed by atoms with Gasteiger partial charge in [-0.1, -0.05) is 45.8 Å². The van der Waals surface area contributed by atoms with Crippen LogP contribution in [-0.2, 0) is 0 Å². The van der Waals surface area contributed by atoms with Crippen LogP contribution in [0.5, 0.6) is 0 Å². The minimum Gasteiger partial charge on any atom is -0.393 e. The molecule has 4 rings (SSSR count). The third-order valence-corrected chi connectivity index (χ3v) is 9.54. The first kappa shape index (κ1) is 20.0. The molecule has 0 heterocycles. The summed E-state index contributed by atoms with van der Waals surface area (Å²) in [5, 5.41) is 22.6. The van der Waals surface area contributed by atoms with Gasteiger partial charge in [0.05, 0.1) is 11.7 Å². The summed E-state index contributed by atoms with van der Waals surface area (Å²) < 4.78 is 0. The lowest BCUT2D eigenvalue weighted by Crippen LogP contribution is -2.53. The standard InChI is InChI=1S/C25H42O2/c1-16(2)15-25(5,27)22-21(26)14-20-18-10-9-17-8-6-7-12-23(17,3)19(18)11-13-24(20,22)4/h9,16,18-22,26-27H,6-8,10-15H2,1-5H3/t18-,19+,20+,21+,22+,23+,24+,25+/m1/s1. The summed E-state index contributed by atoms with van der Waals surface area (Å²) in [6.07, 6.45) is 13.0. The first-order valence-electron chi connectivity index (χ1n) is 11.7. The molecule has 0 saturated heterocycles. The Morgan fingerprint density at radius 1 is 1.19 bits per heavy atom. The van der Waals surface area contributed by atoms with Gasteiger partial charge >= 0.3 is 0 Å². The van der Waals surface area contributed by atoms with Crippen molar-refractivity contribution in [2.45, 2.75) is 104 Å². The summed E-state index contributed by atoms with van der Waals surface area (Å²) in [5.74, 6) is 2.52. The van der Waals surface area contributed by atoms with Gasteiger partial charge in [0.25, 0.3) is 0 Å². The van der Waals surface area contributed by atoms with Crippen molar-refractivity contribution >= 4 is 0 Å². The van der Waals surface area contributed by atoms with Crippen molar-refractivity contribution in [3.63, 3.8) is 0 Å². The topological polar surface area (TPSA) is 40.5 Å². The second kappa shape index (κ2) is 6.59. The number of rotatable bonds is 3. The second-order valence-electron chi connectivity index (χ2n) is 11.7. The Morgan fingerprint density at radius 2 is 1.93 bits per heavy atom. The van der Waals surface area contributed by atoms with Crippen LogP contribution in [0.15, 0.2) is 11.6 Å². The molecule has 3 saturated carbocycles. The molecular weight excluding hydrogens is 332 g/mol. The lowest BCUT2D eigenvalue weighted by atomic mass is 9.47. The highest BCUT2D eigenvalue weighted by Gasteiger charge is 2.63. The van der Waals surface area contributed by atoms with Crippen LogP contribution in [0.4, 0.5) is 0 Å². The van der Waals surface area contributed by atoms with Crippen LogP contribution in [0.3, 0.4) is 0 Å². The molecular formula is C25H42O2. The highest BCUT2D eigenvalue weighted by molar-refractivity contribution is 5.25. The molecule has 0 amide bonds. The molecule has 2 heteroatoms. The van der Waals surface area contributed by atoms with E-state index in [4.69, 9.17) is 0 Å². The molecule has 0 aromatic heterocycles. The average Bonchev–Trinajstić information content (AvgIpc) is 2.84. The summed E-state index contributed by atoms with van der Waals surface area (Å²) in [5.41, 5.74) is 1.47. The van der Waals surface area contributed by atoms with Gasteiger partial charge in [0.15, 0.2) is 0 Å². The van der Waals surface area contributed by atoms with E-state index in [0.29, 0.717) is 23.2 Å². The summed E-state index contributed by atoms with van der Waals surface area (Å²) in [6, 6.07) is 0. The van der Waals surface area contributed by atoms with E-state index in [-0.39, 0.29) is 17.4 Å². The zero-order valence-electron chi connectivity index (χ0n) is 18.3. The van der Waals surface area contributed by atoms with Crippen LogP contribution >= 0.6 is 0 Å². The zero-order valence-corrected chi connectivity index (χ0v) is 18.3. The molecule has 0 spiro atoms. The van der Waals surface area contributed by atoms with Crippen LogP contribution in [0, 0.1) is 40.4 Å². The molecule has 0 aromatic carbocycles. The normalized spacial score (nSPS) is 49.0. The quantitative estimate of drug-likeness (QED) is 0.620. The highest BCUT2D eigenvalue weighted by Crippen LogP contribution is 2.67. The van der Waals surface area contributed by atoms with E-state index in [2.05, 4.69) is 33.8 Å². The van der Waals surface area contributed by atoms with Crippen LogP contribution in [0.1, 0.15) is 92.4 Å². The predicted octanol–water partition coefficient (Wildman–Crippen LogP) is 5.72. The third kappa shape index (κ3) is 2.96. The van der Waals surface area contributed by atoms with Gasteiger partial charge in [-0.3, -0.25) is 0 Å². The molecule has 154 valence electrons. The Morgan fingerprint density at radius 3 is 2.63 bits per heavy atom. The molecule has 4 aliphatic carbocycles. The van der Waals surface area contributed by atoms with Crippen molar-refractivity contribution in [1.29, 1.82) is 0 Å². The van der Waals surface area contributed by atoms with Gasteiger partial charge in [-0.25, -0.2) is 0 Å². The van der Waals surface area contributed by atoms with E-state index >= 15 is 0 Å². The first-order valence-corrected chi connectivity index (χ1v) is 11.7. The number of aliphatic hydroxyl groups is 2. The van der Waals surface area contributed by atoms with E-state index in [1.165, 1.54) is 44.9 Å². The van der Waals surface area contributed by atoms with Crippen LogP contribution in [0.2, 0.25) is 0 Å². The molecule has 2 nitrogen and oxygen atoms in total. The molecule has 8 atom stereocenters. The Balaban J connectivity index is 1.65.